The number of nitrogens with zero attached hydrogens (tertiary/aromatic N) is 2. The molecule has 0 atom stereocenters. The fraction of sp³-hybridized carbons (Fsp3) is 0.200. The van der Waals surface area contributed by atoms with Crippen LogP contribution in [0.15, 0.2) is 36.7 Å². The van der Waals surface area contributed by atoms with Crippen molar-refractivity contribution < 1.29 is 8.78 Å². The summed E-state index contributed by atoms with van der Waals surface area (Å²) in [6, 6.07) is 5.75. The molecule has 6 heteroatoms. The lowest BCUT2D eigenvalue weighted by Gasteiger charge is -2.24. The number of nitrogens with one attached hydrogen (secondary N) is 1. The van der Waals surface area contributed by atoms with Crippen LogP contribution in [0.3, 0.4) is 0 Å². The number of nitrogens with two attached hydrogens (primary N) is 1. The van der Waals surface area contributed by atoms with Gasteiger partial charge in [-0.05, 0) is 36.8 Å². The van der Waals surface area contributed by atoms with Gasteiger partial charge in [-0.15, -0.1) is 0 Å². The van der Waals surface area contributed by atoms with Crippen LogP contribution in [0.5, 0.6) is 0 Å². The van der Waals surface area contributed by atoms with E-state index in [1.165, 1.54) is 0 Å². The van der Waals surface area contributed by atoms with Gasteiger partial charge in [-0.25, -0.2) is 8.78 Å². The third-order valence-corrected chi connectivity index (χ3v) is 3.15. The van der Waals surface area contributed by atoms with Crippen LogP contribution in [0.2, 0.25) is 0 Å². The van der Waals surface area contributed by atoms with Crippen LogP contribution in [-0.2, 0) is 6.54 Å². The molecule has 1 aromatic carbocycles. The number of aromatic nitrogens is 1. The lowest BCUT2D eigenvalue weighted by molar-refractivity contribution is 0.571. The standard InChI is InChI=1S/C15H16F2N4/c1-2-21(9-10-3-5-20-6-4-10)14-12(16)7-11(15(18)19)8-13(14)17/h3-8H,2,9H2,1H3,(H3,18,19). The quantitative estimate of drug-likeness (QED) is 0.657. The Morgan fingerprint density at radius 3 is 2.29 bits per heavy atom. The minimum Gasteiger partial charge on any atom is -0.384 e. The third kappa shape index (κ3) is 3.34. The van der Waals surface area contributed by atoms with E-state index in [-0.39, 0.29) is 17.1 Å². The Labute approximate surface area is 121 Å². The maximum atomic E-state index is 14.2. The molecule has 2 aromatic rings. The van der Waals surface area contributed by atoms with E-state index in [1.807, 2.05) is 6.92 Å². The number of hydrogen-bond donors (Lipinski definition) is 2. The first-order valence-electron chi connectivity index (χ1n) is 6.50. The van der Waals surface area contributed by atoms with Gasteiger partial charge in [0, 0.05) is 31.0 Å². The summed E-state index contributed by atoms with van der Waals surface area (Å²) in [7, 11) is 0. The number of anilines is 1. The smallest absolute Gasteiger partial charge is 0.150 e. The van der Waals surface area contributed by atoms with Crippen LogP contribution in [0.1, 0.15) is 18.1 Å². The molecule has 0 fully saturated rings. The highest BCUT2D eigenvalue weighted by Gasteiger charge is 2.18. The van der Waals surface area contributed by atoms with Crippen LogP contribution < -0.4 is 10.6 Å². The fourth-order valence-corrected chi connectivity index (χ4v) is 2.08. The van der Waals surface area contributed by atoms with E-state index in [2.05, 4.69) is 4.98 Å². The maximum Gasteiger partial charge on any atom is 0.150 e. The molecule has 0 radical (unpaired) electrons. The van der Waals surface area contributed by atoms with E-state index in [1.54, 1.807) is 29.4 Å². The molecule has 0 bridgehead atoms. The van der Waals surface area contributed by atoms with Crippen molar-refractivity contribution in [1.82, 2.24) is 4.98 Å². The molecule has 0 amide bonds. The van der Waals surface area contributed by atoms with E-state index in [4.69, 9.17) is 11.1 Å². The van der Waals surface area contributed by atoms with Crippen molar-refractivity contribution in [1.29, 1.82) is 5.41 Å². The molecule has 0 aliphatic carbocycles. The Bertz CT molecular complexity index is 620. The summed E-state index contributed by atoms with van der Waals surface area (Å²) < 4.78 is 28.3. The highest BCUT2D eigenvalue weighted by atomic mass is 19.1. The summed E-state index contributed by atoms with van der Waals surface area (Å²) in [5.74, 6) is -1.82. The van der Waals surface area contributed by atoms with Crippen LogP contribution in [0.4, 0.5) is 14.5 Å². The molecular formula is C15H16F2N4. The monoisotopic (exact) mass is 290 g/mol. The highest BCUT2D eigenvalue weighted by Crippen LogP contribution is 2.26. The Morgan fingerprint density at radius 2 is 1.81 bits per heavy atom. The molecule has 4 nitrogen and oxygen atoms in total. The summed E-state index contributed by atoms with van der Waals surface area (Å²) in [6.07, 6.45) is 3.27. The molecule has 0 spiro atoms. The Kier molecular flexibility index (Phi) is 4.47. The van der Waals surface area contributed by atoms with Crippen molar-refractivity contribution in [2.75, 3.05) is 11.4 Å². The zero-order valence-corrected chi connectivity index (χ0v) is 11.6. The van der Waals surface area contributed by atoms with Crippen molar-refractivity contribution in [3.8, 4) is 0 Å². The second-order valence-electron chi connectivity index (χ2n) is 4.57. The maximum absolute atomic E-state index is 14.2. The van der Waals surface area contributed by atoms with E-state index >= 15 is 0 Å². The predicted octanol–water partition coefficient (Wildman–Crippen LogP) is 2.67. The van der Waals surface area contributed by atoms with E-state index < -0.39 is 11.6 Å². The van der Waals surface area contributed by atoms with Crippen LogP contribution in [-0.4, -0.2) is 17.4 Å². The summed E-state index contributed by atoms with van der Waals surface area (Å²) in [5, 5.41) is 7.25. The molecule has 0 saturated carbocycles. The lowest BCUT2D eigenvalue weighted by atomic mass is 10.1. The molecule has 0 unspecified atom stereocenters. The van der Waals surface area contributed by atoms with Crippen molar-refractivity contribution >= 4 is 11.5 Å². The number of halogens is 2. The number of pyridine rings is 1. The number of nitrogen functional groups attached to an aromatic ring is 1. The normalized spacial score (nSPS) is 10.4. The summed E-state index contributed by atoms with van der Waals surface area (Å²) in [6.45, 7) is 2.63. The van der Waals surface area contributed by atoms with Crippen LogP contribution in [0.25, 0.3) is 0 Å². The SMILES string of the molecule is CCN(Cc1ccncc1)c1c(F)cc(C(=N)N)cc1F. The Hall–Kier alpha value is -2.50. The van der Waals surface area contributed by atoms with Gasteiger partial charge in [0.05, 0.1) is 0 Å². The van der Waals surface area contributed by atoms with E-state index in [0.717, 1.165) is 17.7 Å². The van der Waals surface area contributed by atoms with E-state index in [0.29, 0.717) is 13.1 Å². The second kappa shape index (κ2) is 6.30. The first-order valence-corrected chi connectivity index (χ1v) is 6.50. The van der Waals surface area contributed by atoms with Gasteiger partial charge < -0.3 is 10.6 Å². The van der Waals surface area contributed by atoms with Gasteiger partial charge in [-0.2, -0.15) is 0 Å². The minimum atomic E-state index is -0.726. The van der Waals surface area contributed by atoms with Crippen molar-refractivity contribution in [3.05, 3.63) is 59.4 Å². The first kappa shape index (κ1) is 14.9. The highest BCUT2D eigenvalue weighted by molar-refractivity contribution is 5.95. The molecule has 1 heterocycles. The Balaban J connectivity index is 2.36. The predicted molar refractivity (Wildman–Crippen MR) is 78.3 cm³/mol. The van der Waals surface area contributed by atoms with Crippen molar-refractivity contribution in [3.63, 3.8) is 0 Å². The molecule has 3 N–H and O–H groups in total. The second-order valence-corrected chi connectivity index (χ2v) is 4.57. The van der Waals surface area contributed by atoms with Crippen molar-refractivity contribution in [2.45, 2.75) is 13.5 Å². The van der Waals surface area contributed by atoms with Gasteiger partial charge in [0.2, 0.25) is 0 Å². The molecule has 0 aliphatic heterocycles. The molecule has 0 aliphatic rings. The average Bonchev–Trinajstić information content (AvgIpc) is 2.46. The summed E-state index contributed by atoms with van der Waals surface area (Å²) >= 11 is 0. The number of rotatable bonds is 5. The van der Waals surface area contributed by atoms with Gasteiger partial charge in [0.15, 0.2) is 0 Å². The fourth-order valence-electron chi connectivity index (χ4n) is 2.08. The van der Waals surface area contributed by atoms with Crippen LogP contribution in [0, 0.1) is 17.0 Å². The number of hydrogen-bond acceptors (Lipinski definition) is 3. The van der Waals surface area contributed by atoms with Gasteiger partial charge in [-0.1, -0.05) is 0 Å². The summed E-state index contributed by atoms with van der Waals surface area (Å²) in [4.78, 5) is 5.50. The zero-order chi connectivity index (χ0) is 15.4. The zero-order valence-electron chi connectivity index (χ0n) is 11.6. The van der Waals surface area contributed by atoms with Crippen molar-refractivity contribution in [2.24, 2.45) is 5.73 Å². The molecule has 2 rings (SSSR count). The van der Waals surface area contributed by atoms with Gasteiger partial charge in [0.1, 0.15) is 23.2 Å². The first-order chi connectivity index (χ1) is 10.0. The van der Waals surface area contributed by atoms with E-state index in [9.17, 15) is 8.78 Å². The lowest BCUT2D eigenvalue weighted by Crippen LogP contribution is -2.25. The minimum absolute atomic E-state index is 0.0358. The molecule has 0 saturated heterocycles. The number of benzene rings is 1. The Morgan fingerprint density at radius 1 is 1.24 bits per heavy atom. The topological polar surface area (TPSA) is 66.0 Å². The molecular weight excluding hydrogens is 274 g/mol. The summed E-state index contributed by atoms with van der Waals surface area (Å²) in [5.41, 5.74) is 6.09. The van der Waals surface area contributed by atoms with Gasteiger partial charge in [0.25, 0.3) is 0 Å². The van der Waals surface area contributed by atoms with Gasteiger partial charge >= 0.3 is 0 Å². The molecule has 21 heavy (non-hydrogen) atoms. The molecule has 1 aromatic heterocycles. The largest absolute Gasteiger partial charge is 0.384 e. The average molecular weight is 290 g/mol. The third-order valence-electron chi connectivity index (χ3n) is 3.15. The number of amidine groups is 1. The molecule has 110 valence electrons. The van der Waals surface area contributed by atoms with Crippen LogP contribution >= 0.6 is 0 Å². The van der Waals surface area contributed by atoms with Gasteiger partial charge in [-0.3, -0.25) is 10.4 Å².